The zero-order valence-electron chi connectivity index (χ0n) is 12.3. The van der Waals surface area contributed by atoms with Crippen LogP contribution < -0.4 is 4.72 Å². The van der Waals surface area contributed by atoms with Crippen molar-refractivity contribution in [2.24, 2.45) is 5.92 Å². The van der Waals surface area contributed by atoms with Crippen LogP contribution in [0.25, 0.3) is 11.4 Å². The maximum Gasteiger partial charge on any atom is 0.237 e. The standard InChI is InChI=1S/C13H15ClN4O3S2/c1-21-10(8-4-5-8)7-23(19,20)18-13-16-12(17-22-13)9-3-2-6-15-11(9)14/h2-3,6,8,10H,4-5,7H2,1H3,(H,16,17,18). The van der Waals surface area contributed by atoms with Gasteiger partial charge in [-0.15, -0.1) is 0 Å². The number of methoxy groups -OCH3 is 1. The molecule has 23 heavy (non-hydrogen) atoms. The summed E-state index contributed by atoms with van der Waals surface area (Å²) < 4.78 is 36.3. The highest BCUT2D eigenvalue weighted by Gasteiger charge is 2.34. The van der Waals surface area contributed by atoms with Gasteiger partial charge in [-0.25, -0.2) is 13.4 Å². The number of nitrogens with one attached hydrogen (secondary N) is 1. The van der Waals surface area contributed by atoms with Crippen LogP contribution in [0.15, 0.2) is 18.3 Å². The fourth-order valence-electron chi connectivity index (χ4n) is 2.18. The molecule has 124 valence electrons. The summed E-state index contributed by atoms with van der Waals surface area (Å²) >= 11 is 6.95. The molecule has 2 aromatic heterocycles. The molecule has 0 saturated heterocycles. The smallest absolute Gasteiger partial charge is 0.237 e. The van der Waals surface area contributed by atoms with Gasteiger partial charge in [-0.1, -0.05) is 11.6 Å². The zero-order chi connectivity index (χ0) is 16.4. The predicted molar refractivity (Wildman–Crippen MR) is 89.1 cm³/mol. The van der Waals surface area contributed by atoms with Crippen LogP contribution in [-0.2, 0) is 14.8 Å². The average Bonchev–Trinajstić information content (AvgIpc) is 3.26. The summed E-state index contributed by atoms with van der Waals surface area (Å²) in [5, 5.41) is 0.471. The lowest BCUT2D eigenvalue weighted by molar-refractivity contribution is 0.103. The van der Waals surface area contributed by atoms with E-state index in [0.29, 0.717) is 17.3 Å². The van der Waals surface area contributed by atoms with Crippen molar-refractivity contribution < 1.29 is 13.2 Å². The molecule has 1 unspecified atom stereocenters. The molecule has 0 aliphatic heterocycles. The van der Waals surface area contributed by atoms with Crippen LogP contribution in [0.1, 0.15) is 12.8 Å². The van der Waals surface area contributed by atoms with Crippen molar-refractivity contribution in [1.29, 1.82) is 0 Å². The van der Waals surface area contributed by atoms with Crippen molar-refractivity contribution in [2.75, 3.05) is 17.6 Å². The largest absolute Gasteiger partial charge is 0.380 e. The summed E-state index contributed by atoms with van der Waals surface area (Å²) in [7, 11) is -2.01. The highest BCUT2D eigenvalue weighted by atomic mass is 35.5. The molecular formula is C13H15ClN4O3S2. The Bertz CT molecular complexity index is 792. The molecule has 1 fully saturated rings. The number of ether oxygens (including phenoxy) is 1. The molecule has 10 heteroatoms. The van der Waals surface area contributed by atoms with Gasteiger partial charge in [0, 0.05) is 24.8 Å². The number of rotatable bonds is 7. The number of anilines is 1. The first-order valence-corrected chi connectivity index (χ1v) is 9.77. The number of sulfonamides is 1. The lowest BCUT2D eigenvalue weighted by Gasteiger charge is -2.14. The van der Waals surface area contributed by atoms with E-state index in [2.05, 4.69) is 19.1 Å². The van der Waals surface area contributed by atoms with E-state index in [9.17, 15) is 8.42 Å². The van der Waals surface area contributed by atoms with Crippen molar-refractivity contribution in [3.05, 3.63) is 23.5 Å². The van der Waals surface area contributed by atoms with E-state index >= 15 is 0 Å². The monoisotopic (exact) mass is 374 g/mol. The van der Waals surface area contributed by atoms with Crippen LogP contribution in [0.2, 0.25) is 5.15 Å². The third-order valence-electron chi connectivity index (χ3n) is 3.50. The number of aromatic nitrogens is 3. The Morgan fingerprint density at radius 1 is 1.52 bits per heavy atom. The summed E-state index contributed by atoms with van der Waals surface area (Å²) in [6.45, 7) is 0. The quantitative estimate of drug-likeness (QED) is 0.748. The minimum atomic E-state index is -3.55. The zero-order valence-corrected chi connectivity index (χ0v) is 14.7. The Hall–Kier alpha value is -1.29. The van der Waals surface area contributed by atoms with E-state index in [1.54, 1.807) is 18.3 Å². The summed E-state index contributed by atoms with van der Waals surface area (Å²) in [6, 6.07) is 3.44. The van der Waals surface area contributed by atoms with E-state index in [1.807, 2.05) is 0 Å². The molecule has 0 aromatic carbocycles. The van der Waals surface area contributed by atoms with E-state index in [0.717, 1.165) is 24.4 Å². The van der Waals surface area contributed by atoms with E-state index in [4.69, 9.17) is 16.3 Å². The Morgan fingerprint density at radius 3 is 2.96 bits per heavy atom. The summed E-state index contributed by atoms with van der Waals surface area (Å²) in [5.74, 6) is 0.587. The van der Waals surface area contributed by atoms with Crippen molar-refractivity contribution in [1.82, 2.24) is 14.3 Å². The maximum absolute atomic E-state index is 12.2. The topological polar surface area (TPSA) is 94.1 Å². The predicted octanol–water partition coefficient (Wildman–Crippen LogP) is 2.42. The second-order valence-corrected chi connectivity index (χ2v) is 8.14. The normalized spacial score (nSPS) is 16.3. The van der Waals surface area contributed by atoms with Crippen molar-refractivity contribution >= 4 is 38.3 Å². The molecular weight excluding hydrogens is 360 g/mol. The van der Waals surface area contributed by atoms with Crippen LogP contribution >= 0.6 is 23.1 Å². The lowest BCUT2D eigenvalue weighted by atomic mass is 10.3. The van der Waals surface area contributed by atoms with Gasteiger partial charge in [-0.2, -0.15) is 9.36 Å². The van der Waals surface area contributed by atoms with Crippen LogP contribution in [0.5, 0.6) is 0 Å². The van der Waals surface area contributed by atoms with Gasteiger partial charge in [0.15, 0.2) is 5.82 Å². The molecule has 2 heterocycles. The SMILES string of the molecule is COC(CS(=O)(=O)Nc1nc(-c2cccnc2Cl)ns1)C1CC1. The second kappa shape index (κ2) is 6.68. The van der Waals surface area contributed by atoms with E-state index in [1.165, 1.54) is 7.11 Å². The van der Waals surface area contributed by atoms with Crippen LogP contribution in [0, 0.1) is 5.92 Å². The van der Waals surface area contributed by atoms with Gasteiger partial charge in [-0.3, -0.25) is 4.72 Å². The average molecular weight is 375 g/mol. The number of hydrogen-bond acceptors (Lipinski definition) is 7. The highest BCUT2D eigenvalue weighted by molar-refractivity contribution is 7.92. The van der Waals surface area contributed by atoms with Crippen molar-refractivity contribution in [3.8, 4) is 11.4 Å². The van der Waals surface area contributed by atoms with Crippen LogP contribution in [-0.4, -0.2) is 41.7 Å². The first-order chi connectivity index (χ1) is 11.0. The molecule has 2 aromatic rings. The van der Waals surface area contributed by atoms with Gasteiger partial charge in [-0.05, 0) is 30.9 Å². The maximum atomic E-state index is 12.2. The number of nitrogens with zero attached hydrogens (tertiary/aromatic N) is 3. The Morgan fingerprint density at radius 2 is 2.30 bits per heavy atom. The third-order valence-corrected chi connectivity index (χ3v) is 5.84. The third kappa shape index (κ3) is 4.17. The first kappa shape index (κ1) is 16.6. The summed E-state index contributed by atoms with van der Waals surface area (Å²) in [5.41, 5.74) is 0.559. The molecule has 0 bridgehead atoms. The molecule has 1 aliphatic rings. The Labute approximate surface area is 143 Å². The van der Waals surface area contributed by atoms with Gasteiger partial charge < -0.3 is 4.74 Å². The lowest BCUT2D eigenvalue weighted by Crippen LogP contribution is -2.29. The molecule has 3 rings (SSSR count). The van der Waals surface area contributed by atoms with Crippen LogP contribution in [0.3, 0.4) is 0 Å². The van der Waals surface area contributed by atoms with E-state index < -0.39 is 10.0 Å². The number of pyridine rings is 1. The molecule has 0 radical (unpaired) electrons. The van der Waals surface area contributed by atoms with E-state index in [-0.39, 0.29) is 22.1 Å². The molecule has 0 spiro atoms. The summed E-state index contributed by atoms with van der Waals surface area (Å²) in [4.78, 5) is 8.12. The molecule has 1 atom stereocenters. The highest BCUT2D eigenvalue weighted by Crippen LogP contribution is 2.35. The molecule has 1 aliphatic carbocycles. The van der Waals surface area contributed by atoms with Gasteiger partial charge >= 0.3 is 0 Å². The van der Waals surface area contributed by atoms with Gasteiger partial charge in [0.1, 0.15) is 5.15 Å². The molecule has 1 N–H and O–H groups in total. The van der Waals surface area contributed by atoms with Gasteiger partial charge in [0.2, 0.25) is 15.2 Å². The van der Waals surface area contributed by atoms with Gasteiger partial charge in [0.25, 0.3) is 0 Å². The minimum absolute atomic E-state index is 0.0866. The fourth-order valence-corrected chi connectivity index (χ4v) is 4.59. The Balaban J connectivity index is 1.72. The minimum Gasteiger partial charge on any atom is -0.380 e. The molecule has 7 nitrogen and oxygen atoms in total. The van der Waals surface area contributed by atoms with Crippen molar-refractivity contribution in [2.45, 2.75) is 18.9 Å². The number of hydrogen-bond donors (Lipinski definition) is 1. The summed E-state index contributed by atoms with van der Waals surface area (Å²) in [6.07, 6.45) is 3.30. The fraction of sp³-hybridized carbons (Fsp3) is 0.462. The second-order valence-electron chi connectivity index (χ2n) is 5.26. The number of halogens is 1. The first-order valence-electron chi connectivity index (χ1n) is 6.96. The van der Waals surface area contributed by atoms with Crippen LogP contribution in [0.4, 0.5) is 5.13 Å². The van der Waals surface area contributed by atoms with Gasteiger partial charge in [0.05, 0.1) is 17.4 Å². The molecule has 0 amide bonds. The van der Waals surface area contributed by atoms with Crippen molar-refractivity contribution in [3.63, 3.8) is 0 Å². The molecule has 1 saturated carbocycles. The Kier molecular flexibility index (Phi) is 4.81.